The third kappa shape index (κ3) is 4.33. The van der Waals surface area contributed by atoms with E-state index in [0.29, 0.717) is 17.5 Å². The van der Waals surface area contributed by atoms with Crippen LogP contribution in [0.5, 0.6) is 5.88 Å². The van der Waals surface area contributed by atoms with E-state index in [0.717, 1.165) is 54.0 Å². The Morgan fingerprint density at radius 3 is 2.57 bits per heavy atom. The fourth-order valence-electron chi connectivity index (χ4n) is 3.73. The van der Waals surface area contributed by atoms with Crippen LogP contribution in [0.4, 0.5) is 11.5 Å². The summed E-state index contributed by atoms with van der Waals surface area (Å²) in [7, 11) is 0. The molecule has 6 nitrogen and oxygen atoms in total. The smallest absolute Gasteiger partial charge is 0.258 e. The zero-order valence-electron chi connectivity index (χ0n) is 17.2. The van der Waals surface area contributed by atoms with E-state index in [2.05, 4.69) is 15.2 Å². The first-order chi connectivity index (χ1) is 14.5. The molecule has 0 radical (unpaired) electrons. The number of nitrogens with zero attached hydrogens (tertiary/aromatic N) is 3. The molecule has 4 rings (SSSR count). The van der Waals surface area contributed by atoms with Gasteiger partial charge < -0.3 is 15.0 Å². The van der Waals surface area contributed by atoms with Gasteiger partial charge in [0, 0.05) is 29.7 Å². The van der Waals surface area contributed by atoms with Gasteiger partial charge in [-0.05, 0) is 56.5 Å². The zero-order chi connectivity index (χ0) is 21.1. The van der Waals surface area contributed by atoms with Crippen LogP contribution in [0.1, 0.15) is 25.3 Å². The van der Waals surface area contributed by atoms with Crippen LogP contribution >= 0.6 is 11.6 Å². The monoisotopic (exact) mass is 424 g/mol. The van der Waals surface area contributed by atoms with Gasteiger partial charge >= 0.3 is 0 Å². The van der Waals surface area contributed by atoms with Gasteiger partial charge in [-0.25, -0.2) is 9.97 Å². The molecule has 1 fully saturated rings. The number of hydrogen-bond donors (Lipinski definition) is 1. The summed E-state index contributed by atoms with van der Waals surface area (Å²) in [6, 6.07) is 13.3. The molecule has 7 heteroatoms. The van der Waals surface area contributed by atoms with Crippen LogP contribution in [-0.2, 0) is 4.79 Å². The van der Waals surface area contributed by atoms with Crippen molar-refractivity contribution in [1.82, 2.24) is 9.97 Å². The molecule has 1 aliphatic heterocycles. The van der Waals surface area contributed by atoms with Crippen LogP contribution in [0.3, 0.4) is 0 Å². The average Bonchev–Trinajstić information content (AvgIpc) is 2.76. The quantitative estimate of drug-likeness (QED) is 0.634. The lowest BCUT2D eigenvalue weighted by Crippen LogP contribution is -2.39. The summed E-state index contributed by atoms with van der Waals surface area (Å²) < 4.78 is 5.77. The van der Waals surface area contributed by atoms with Crippen molar-refractivity contribution in [2.24, 2.45) is 5.92 Å². The van der Waals surface area contributed by atoms with Gasteiger partial charge in [-0.3, -0.25) is 4.79 Å². The van der Waals surface area contributed by atoms with Crippen LogP contribution in [0.15, 0.2) is 42.5 Å². The summed E-state index contributed by atoms with van der Waals surface area (Å²) in [5, 5.41) is 3.65. The zero-order valence-corrected chi connectivity index (χ0v) is 17.9. The molecule has 2 aromatic carbocycles. The van der Waals surface area contributed by atoms with Gasteiger partial charge in [-0.1, -0.05) is 29.8 Å². The summed E-state index contributed by atoms with van der Waals surface area (Å²) >= 11 is 6.07. The SMILES string of the molecule is CCOc1nc2ccccc2nc1N1CCC(C(=O)Nc2cc(Cl)ccc2C)CC1. The van der Waals surface area contributed by atoms with Crippen molar-refractivity contribution in [2.45, 2.75) is 26.7 Å². The lowest BCUT2D eigenvalue weighted by atomic mass is 9.95. The summed E-state index contributed by atoms with van der Waals surface area (Å²) in [5.41, 5.74) is 3.43. The lowest BCUT2D eigenvalue weighted by molar-refractivity contribution is -0.120. The minimum Gasteiger partial charge on any atom is -0.475 e. The molecular weight excluding hydrogens is 400 g/mol. The third-order valence-electron chi connectivity index (χ3n) is 5.43. The molecule has 3 aromatic rings. The number of ether oxygens (including phenoxy) is 1. The normalized spacial score (nSPS) is 14.7. The highest BCUT2D eigenvalue weighted by atomic mass is 35.5. The maximum atomic E-state index is 12.8. The number of aromatic nitrogens is 2. The Labute approximate surface area is 181 Å². The maximum Gasteiger partial charge on any atom is 0.258 e. The van der Waals surface area contributed by atoms with E-state index in [1.54, 1.807) is 6.07 Å². The van der Waals surface area contributed by atoms with Crippen LogP contribution in [0.2, 0.25) is 5.02 Å². The topological polar surface area (TPSA) is 67.4 Å². The van der Waals surface area contributed by atoms with Crippen LogP contribution in [-0.4, -0.2) is 35.6 Å². The number of carbonyl (C=O) groups is 1. The van der Waals surface area contributed by atoms with E-state index in [4.69, 9.17) is 21.3 Å². The minimum atomic E-state index is -0.0522. The van der Waals surface area contributed by atoms with Gasteiger partial charge in [0.25, 0.3) is 5.88 Å². The molecular formula is C23H25ClN4O2. The Hall–Kier alpha value is -2.86. The molecule has 0 saturated carbocycles. The molecule has 1 saturated heterocycles. The van der Waals surface area contributed by atoms with E-state index in [1.807, 2.05) is 50.2 Å². The molecule has 30 heavy (non-hydrogen) atoms. The number of benzene rings is 2. The number of halogens is 1. The van der Waals surface area contributed by atoms with Gasteiger partial charge in [0.05, 0.1) is 17.6 Å². The highest BCUT2D eigenvalue weighted by Gasteiger charge is 2.28. The van der Waals surface area contributed by atoms with Gasteiger partial charge in [0.1, 0.15) is 0 Å². The van der Waals surface area contributed by atoms with Gasteiger partial charge in [0.2, 0.25) is 5.91 Å². The number of rotatable bonds is 5. The Kier molecular flexibility index (Phi) is 6.04. The molecule has 0 unspecified atom stereocenters. The highest BCUT2D eigenvalue weighted by Crippen LogP contribution is 2.31. The van der Waals surface area contributed by atoms with E-state index in [9.17, 15) is 4.79 Å². The van der Waals surface area contributed by atoms with Crippen LogP contribution in [0.25, 0.3) is 11.0 Å². The second-order valence-corrected chi connectivity index (χ2v) is 7.92. The first-order valence-corrected chi connectivity index (χ1v) is 10.6. The van der Waals surface area contributed by atoms with E-state index >= 15 is 0 Å². The van der Waals surface area contributed by atoms with Crippen molar-refractivity contribution in [2.75, 3.05) is 29.9 Å². The number of aryl methyl sites for hydroxylation is 1. The largest absolute Gasteiger partial charge is 0.475 e. The van der Waals surface area contributed by atoms with Crippen molar-refractivity contribution in [3.05, 3.63) is 53.1 Å². The Morgan fingerprint density at radius 2 is 1.87 bits per heavy atom. The minimum absolute atomic E-state index is 0.0367. The second kappa shape index (κ2) is 8.88. The molecule has 1 aromatic heterocycles. The third-order valence-corrected chi connectivity index (χ3v) is 5.66. The van der Waals surface area contributed by atoms with E-state index in [-0.39, 0.29) is 11.8 Å². The van der Waals surface area contributed by atoms with E-state index < -0.39 is 0 Å². The van der Waals surface area contributed by atoms with Crippen molar-refractivity contribution < 1.29 is 9.53 Å². The summed E-state index contributed by atoms with van der Waals surface area (Å²) in [5.74, 6) is 1.28. The lowest BCUT2D eigenvalue weighted by Gasteiger charge is -2.32. The first kappa shape index (κ1) is 20.4. The first-order valence-electron chi connectivity index (χ1n) is 10.3. The molecule has 0 atom stereocenters. The van der Waals surface area contributed by atoms with Gasteiger partial charge in [-0.15, -0.1) is 0 Å². The number of nitrogens with one attached hydrogen (secondary N) is 1. The highest BCUT2D eigenvalue weighted by molar-refractivity contribution is 6.31. The number of hydrogen-bond acceptors (Lipinski definition) is 5. The predicted molar refractivity (Wildman–Crippen MR) is 120 cm³/mol. The number of fused-ring (bicyclic) bond motifs is 1. The molecule has 0 spiro atoms. The molecule has 2 heterocycles. The Bertz CT molecular complexity index is 1060. The van der Waals surface area contributed by atoms with Crippen LogP contribution in [0, 0.1) is 12.8 Å². The average molecular weight is 425 g/mol. The van der Waals surface area contributed by atoms with Gasteiger partial charge in [-0.2, -0.15) is 0 Å². The Morgan fingerprint density at radius 1 is 1.17 bits per heavy atom. The standard InChI is InChI=1S/C23H25ClN4O2/c1-3-30-23-21(25-18-6-4-5-7-19(18)27-23)28-12-10-16(11-13-28)22(29)26-20-14-17(24)9-8-15(20)2/h4-9,14,16H,3,10-13H2,1-2H3,(H,26,29). The molecule has 1 N–H and O–H groups in total. The number of carbonyl (C=O) groups excluding carboxylic acids is 1. The molecule has 156 valence electrons. The van der Waals surface area contributed by atoms with Crippen molar-refractivity contribution >= 4 is 40.0 Å². The molecule has 1 amide bonds. The molecule has 0 aliphatic carbocycles. The Balaban J connectivity index is 1.47. The van der Waals surface area contributed by atoms with Crippen molar-refractivity contribution in [1.29, 1.82) is 0 Å². The summed E-state index contributed by atoms with van der Waals surface area (Å²) in [6.07, 6.45) is 1.48. The fourth-order valence-corrected chi connectivity index (χ4v) is 3.90. The number of amides is 1. The number of piperidine rings is 1. The van der Waals surface area contributed by atoms with Crippen LogP contribution < -0.4 is 15.0 Å². The van der Waals surface area contributed by atoms with Crippen molar-refractivity contribution in [3.8, 4) is 5.88 Å². The van der Waals surface area contributed by atoms with Gasteiger partial charge in [0.15, 0.2) is 5.82 Å². The summed E-state index contributed by atoms with van der Waals surface area (Å²) in [6.45, 7) is 5.87. The molecule has 0 bridgehead atoms. The number of para-hydroxylation sites is 2. The number of anilines is 2. The summed E-state index contributed by atoms with van der Waals surface area (Å²) in [4.78, 5) is 24.4. The van der Waals surface area contributed by atoms with Crippen molar-refractivity contribution in [3.63, 3.8) is 0 Å². The fraction of sp³-hybridized carbons (Fsp3) is 0.348. The maximum absolute atomic E-state index is 12.8. The molecule has 1 aliphatic rings. The second-order valence-electron chi connectivity index (χ2n) is 7.48. The predicted octanol–water partition coefficient (Wildman–Crippen LogP) is 4.85. The van der Waals surface area contributed by atoms with E-state index in [1.165, 1.54) is 0 Å².